The van der Waals surface area contributed by atoms with Gasteiger partial charge >= 0.3 is 0 Å². The fourth-order valence-electron chi connectivity index (χ4n) is 4.00. The molecular weight excluding hydrogens is 439 g/mol. The van der Waals surface area contributed by atoms with Gasteiger partial charge in [0, 0.05) is 55.3 Å². The van der Waals surface area contributed by atoms with Crippen molar-refractivity contribution in [2.75, 3.05) is 0 Å². The van der Waals surface area contributed by atoms with E-state index in [4.69, 9.17) is 23.2 Å². The van der Waals surface area contributed by atoms with Crippen LogP contribution in [-0.4, -0.2) is 21.6 Å². The first kappa shape index (κ1) is 22.1. The molecule has 0 amide bonds. The van der Waals surface area contributed by atoms with Crippen LogP contribution >= 0.6 is 23.2 Å². The molecule has 32 heavy (non-hydrogen) atoms. The summed E-state index contributed by atoms with van der Waals surface area (Å²) in [6.07, 6.45) is 3.59. The van der Waals surface area contributed by atoms with Gasteiger partial charge in [0.15, 0.2) is 0 Å². The molecule has 0 N–H and O–H groups in total. The van der Waals surface area contributed by atoms with Crippen LogP contribution in [0.5, 0.6) is 0 Å². The van der Waals surface area contributed by atoms with Crippen LogP contribution in [0.2, 0.25) is 10.0 Å². The Hall–Kier alpha value is -3.08. The first-order chi connectivity index (χ1) is 15.3. The molecule has 2 aromatic carbocycles. The minimum absolute atomic E-state index is 0.725. The lowest BCUT2D eigenvalue weighted by Gasteiger charge is -2.09. The van der Waals surface area contributed by atoms with E-state index < -0.39 is 0 Å². The molecule has 0 atom stereocenters. The van der Waals surface area contributed by atoms with Crippen molar-refractivity contribution in [3.63, 3.8) is 0 Å². The Morgan fingerprint density at radius 1 is 0.594 bits per heavy atom. The number of benzene rings is 2. The SMILES string of the molecule is Cc1cc(/C=N\N=C/c2cc(C)n(-c3ccc(Cl)cc3)c2C)c(C)n1-c1ccc(Cl)cc1. The van der Waals surface area contributed by atoms with Crippen LogP contribution in [0.15, 0.2) is 70.9 Å². The Balaban J connectivity index is 1.56. The Morgan fingerprint density at radius 3 is 1.28 bits per heavy atom. The van der Waals surface area contributed by atoms with E-state index in [-0.39, 0.29) is 0 Å². The quantitative estimate of drug-likeness (QED) is 0.221. The van der Waals surface area contributed by atoms with Gasteiger partial charge in [0.2, 0.25) is 0 Å². The molecule has 0 bridgehead atoms. The first-order valence-electron chi connectivity index (χ1n) is 10.3. The third kappa shape index (κ3) is 4.43. The Labute approximate surface area is 198 Å². The molecule has 4 rings (SSSR count). The minimum Gasteiger partial charge on any atom is -0.318 e. The van der Waals surface area contributed by atoms with Gasteiger partial charge in [0.05, 0.1) is 12.4 Å². The average molecular weight is 463 g/mol. The molecular formula is C26H24Cl2N4. The molecule has 0 spiro atoms. The lowest BCUT2D eigenvalue weighted by atomic mass is 10.2. The standard InChI is InChI=1S/C26H24Cl2N4/c1-17-13-21(19(3)31(17)25-9-5-23(27)6-10-25)15-29-30-16-22-14-18(2)32(20(22)4)26-11-7-24(28)8-12-26/h5-16H,1-4H3/b29-15-,30-16-. The summed E-state index contributed by atoms with van der Waals surface area (Å²) in [5.41, 5.74) is 8.66. The van der Waals surface area contributed by atoms with Crippen LogP contribution in [0.25, 0.3) is 11.4 Å². The third-order valence-corrected chi connectivity index (χ3v) is 6.07. The lowest BCUT2D eigenvalue weighted by Crippen LogP contribution is -1.99. The predicted molar refractivity (Wildman–Crippen MR) is 136 cm³/mol. The minimum atomic E-state index is 0.725. The van der Waals surface area contributed by atoms with E-state index in [9.17, 15) is 0 Å². The smallest absolute Gasteiger partial charge is 0.0586 e. The molecule has 4 nitrogen and oxygen atoms in total. The average Bonchev–Trinajstić information content (AvgIpc) is 3.21. The molecule has 2 aromatic heterocycles. The van der Waals surface area contributed by atoms with Crippen molar-refractivity contribution in [1.82, 2.24) is 9.13 Å². The topological polar surface area (TPSA) is 34.6 Å². The second-order valence-corrected chi connectivity index (χ2v) is 8.64. The maximum atomic E-state index is 6.03. The summed E-state index contributed by atoms with van der Waals surface area (Å²) < 4.78 is 4.36. The van der Waals surface area contributed by atoms with Crippen LogP contribution in [0.1, 0.15) is 33.9 Å². The number of aromatic nitrogens is 2. The van der Waals surface area contributed by atoms with E-state index in [2.05, 4.69) is 59.2 Å². The Bertz CT molecular complexity index is 1200. The lowest BCUT2D eigenvalue weighted by molar-refractivity contribution is 0.964. The van der Waals surface area contributed by atoms with Gasteiger partial charge in [-0.15, -0.1) is 0 Å². The summed E-state index contributed by atoms with van der Waals surface area (Å²) in [6.45, 7) is 8.31. The van der Waals surface area contributed by atoms with Crippen molar-refractivity contribution in [3.05, 3.63) is 105 Å². The fraction of sp³-hybridized carbons (Fsp3) is 0.154. The monoisotopic (exact) mass is 462 g/mol. The fourth-order valence-corrected chi connectivity index (χ4v) is 4.25. The summed E-state index contributed by atoms with van der Waals surface area (Å²) in [4.78, 5) is 0. The van der Waals surface area contributed by atoms with Gasteiger partial charge in [0.25, 0.3) is 0 Å². The molecule has 2 heterocycles. The molecule has 0 aliphatic rings. The van der Waals surface area contributed by atoms with Gasteiger partial charge in [-0.1, -0.05) is 23.2 Å². The number of rotatable bonds is 5. The van der Waals surface area contributed by atoms with Crippen LogP contribution in [0.4, 0.5) is 0 Å². The summed E-state index contributed by atoms with van der Waals surface area (Å²) in [5, 5.41) is 10.1. The molecule has 0 aliphatic heterocycles. The Morgan fingerprint density at radius 2 is 0.938 bits per heavy atom. The maximum absolute atomic E-state index is 6.03. The molecule has 0 radical (unpaired) electrons. The number of hydrogen-bond acceptors (Lipinski definition) is 2. The molecule has 0 fully saturated rings. The van der Waals surface area contributed by atoms with Crippen molar-refractivity contribution in [2.45, 2.75) is 27.7 Å². The number of nitrogens with zero attached hydrogens (tertiary/aromatic N) is 4. The van der Waals surface area contributed by atoms with E-state index in [0.717, 1.165) is 55.3 Å². The van der Waals surface area contributed by atoms with E-state index in [1.807, 2.05) is 48.5 Å². The van der Waals surface area contributed by atoms with Crippen LogP contribution in [0, 0.1) is 27.7 Å². The zero-order valence-electron chi connectivity index (χ0n) is 18.5. The van der Waals surface area contributed by atoms with Gasteiger partial charge in [-0.3, -0.25) is 0 Å². The molecule has 0 saturated carbocycles. The van der Waals surface area contributed by atoms with Crippen LogP contribution < -0.4 is 0 Å². The highest BCUT2D eigenvalue weighted by atomic mass is 35.5. The molecule has 162 valence electrons. The second-order valence-electron chi connectivity index (χ2n) is 7.77. The van der Waals surface area contributed by atoms with Crippen LogP contribution in [-0.2, 0) is 0 Å². The number of hydrogen-bond donors (Lipinski definition) is 0. The van der Waals surface area contributed by atoms with Gasteiger partial charge in [-0.05, 0) is 88.4 Å². The molecule has 0 saturated heterocycles. The predicted octanol–water partition coefficient (Wildman–Crippen LogP) is 7.26. The van der Waals surface area contributed by atoms with Gasteiger partial charge < -0.3 is 9.13 Å². The van der Waals surface area contributed by atoms with E-state index in [1.165, 1.54) is 0 Å². The summed E-state index contributed by atoms with van der Waals surface area (Å²) >= 11 is 12.1. The second kappa shape index (κ2) is 9.19. The third-order valence-electron chi connectivity index (χ3n) is 5.57. The largest absolute Gasteiger partial charge is 0.318 e. The molecule has 6 heteroatoms. The highest BCUT2D eigenvalue weighted by molar-refractivity contribution is 6.30. The van der Waals surface area contributed by atoms with Crippen molar-refractivity contribution in [1.29, 1.82) is 0 Å². The van der Waals surface area contributed by atoms with Gasteiger partial charge in [-0.25, -0.2) is 0 Å². The zero-order chi connectivity index (χ0) is 22.8. The summed E-state index contributed by atoms with van der Waals surface area (Å²) in [5.74, 6) is 0. The van der Waals surface area contributed by atoms with Crippen molar-refractivity contribution >= 4 is 35.6 Å². The highest BCUT2D eigenvalue weighted by Crippen LogP contribution is 2.23. The van der Waals surface area contributed by atoms with Crippen molar-refractivity contribution < 1.29 is 0 Å². The van der Waals surface area contributed by atoms with Crippen molar-refractivity contribution in [3.8, 4) is 11.4 Å². The summed E-state index contributed by atoms with van der Waals surface area (Å²) in [7, 11) is 0. The van der Waals surface area contributed by atoms with Gasteiger partial charge in [-0.2, -0.15) is 10.2 Å². The van der Waals surface area contributed by atoms with E-state index in [0.29, 0.717) is 0 Å². The molecule has 0 unspecified atom stereocenters. The van der Waals surface area contributed by atoms with Crippen molar-refractivity contribution in [2.24, 2.45) is 10.2 Å². The molecule has 0 aliphatic carbocycles. The maximum Gasteiger partial charge on any atom is 0.0586 e. The molecule has 4 aromatic rings. The normalized spacial score (nSPS) is 11.8. The van der Waals surface area contributed by atoms with Crippen LogP contribution in [0.3, 0.4) is 0 Å². The number of halogens is 2. The van der Waals surface area contributed by atoms with E-state index >= 15 is 0 Å². The summed E-state index contributed by atoms with van der Waals surface area (Å²) in [6, 6.07) is 19.8. The van der Waals surface area contributed by atoms with E-state index in [1.54, 1.807) is 12.4 Å². The zero-order valence-corrected chi connectivity index (χ0v) is 20.0. The highest BCUT2D eigenvalue weighted by Gasteiger charge is 2.10. The number of aryl methyl sites for hydroxylation is 2. The first-order valence-corrected chi connectivity index (χ1v) is 11.1. The van der Waals surface area contributed by atoms with Gasteiger partial charge in [0.1, 0.15) is 0 Å². The Kier molecular flexibility index (Phi) is 6.35.